The fraction of sp³-hybridized carbons (Fsp3) is 0.500. The fourth-order valence-corrected chi connectivity index (χ4v) is 1.38. The van der Waals surface area contributed by atoms with Crippen LogP contribution in [0.4, 0.5) is 0 Å². The first-order valence-corrected chi connectivity index (χ1v) is 6.16. The molecule has 0 aliphatic carbocycles. The number of ether oxygens (including phenoxy) is 2. The Hall–Kier alpha value is -1.30. The highest BCUT2D eigenvalue weighted by Gasteiger charge is 2.16. The molecule has 0 aliphatic heterocycles. The van der Waals surface area contributed by atoms with E-state index < -0.39 is 5.97 Å². The molecule has 0 spiro atoms. The minimum Gasteiger partial charge on any atom is -0.477 e. The number of carbonyl (C=O) groups is 1. The van der Waals surface area contributed by atoms with Crippen molar-refractivity contribution in [2.45, 2.75) is 19.0 Å². The summed E-state index contributed by atoms with van der Waals surface area (Å²) in [7, 11) is 0. The molecule has 0 bridgehead atoms. The lowest BCUT2D eigenvalue weighted by molar-refractivity contribution is 0.0520. The third-order valence-electron chi connectivity index (χ3n) is 1.69. The summed E-state index contributed by atoms with van der Waals surface area (Å²) >= 11 is 1.39. The Morgan fingerprint density at radius 2 is 2.19 bits per heavy atom. The van der Waals surface area contributed by atoms with Gasteiger partial charge in [0.2, 0.25) is 5.88 Å². The lowest BCUT2D eigenvalue weighted by Gasteiger charge is -2.08. The molecule has 0 unspecified atom stereocenters. The van der Waals surface area contributed by atoms with E-state index in [1.807, 2.05) is 13.2 Å². The van der Waals surface area contributed by atoms with Crippen molar-refractivity contribution in [3.63, 3.8) is 0 Å². The van der Waals surface area contributed by atoms with Crippen LogP contribution in [0.25, 0.3) is 0 Å². The number of nitrogens with zero attached hydrogens (tertiary/aromatic N) is 2. The molecule has 1 heterocycles. The Labute approximate surface area is 98.6 Å². The molecule has 0 fully saturated rings. The number of rotatable bonds is 5. The molecule has 88 valence electrons. The third-order valence-corrected chi connectivity index (χ3v) is 2.25. The van der Waals surface area contributed by atoms with Gasteiger partial charge in [-0.3, -0.25) is 0 Å². The van der Waals surface area contributed by atoms with E-state index in [-0.39, 0.29) is 11.4 Å². The summed E-state index contributed by atoms with van der Waals surface area (Å²) in [4.78, 5) is 19.7. The molecule has 0 atom stereocenters. The molecule has 0 aliphatic rings. The van der Waals surface area contributed by atoms with E-state index in [9.17, 15) is 4.79 Å². The smallest absolute Gasteiger partial charge is 0.345 e. The van der Waals surface area contributed by atoms with Crippen LogP contribution in [-0.4, -0.2) is 35.4 Å². The molecule has 0 N–H and O–H groups in total. The number of thioether (sulfide) groups is 1. The summed E-state index contributed by atoms with van der Waals surface area (Å²) in [6, 6.07) is 0. The van der Waals surface area contributed by atoms with Gasteiger partial charge in [0.25, 0.3) is 0 Å². The molecular weight excluding hydrogens is 228 g/mol. The number of esters is 1. The van der Waals surface area contributed by atoms with Gasteiger partial charge < -0.3 is 9.47 Å². The highest BCUT2D eigenvalue weighted by Crippen LogP contribution is 2.19. The van der Waals surface area contributed by atoms with Gasteiger partial charge in [-0.25, -0.2) is 9.78 Å². The molecule has 0 amide bonds. The van der Waals surface area contributed by atoms with Crippen LogP contribution in [0.3, 0.4) is 0 Å². The van der Waals surface area contributed by atoms with Crippen molar-refractivity contribution in [3.05, 3.63) is 11.8 Å². The first kappa shape index (κ1) is 12.8. The molecule has 1 aromatic rings. The molecule has 0 saturated carbocycles. The Bertz CT molecular complexity index is 371. The van der Waals surface area contributed by atoms with Gasteiger partial charge in [-0.1, -0.05) is 11.8 Å². The minimum atomic E-state index is -0.460. The van der Waals surface area contributed by atoms with E-state index in [2.05, 4.69) is 9.97 Å². The summed E-state index contributed by atoms with van der Waals surface area (Å²) in [6.45, 7) is 4.33. The Kier molecular flexibility index (Phi) is 5.04. The molecule has 1 rings (SSSR count). The minimum absolute atomic E-state index is 0.265. The van der Waals surface area contributed by atoms with Gasteiger partial charge in [0.15, 0.2) is 5.16 Å². The molecule has 0 aromatic carbocycles. The van der Waals surface area contributed by atoms with Gasteiger partial charge in [0, 0.05) is 6.20 Å². The second-order valence-electron chi connectivity index (χ2n) is 2.73. The molecule has 6 heteroatoms. The van der Waals surface area contributed by atoms with Crippen molar-refractivity contribution in [2.75, 3.05) is 19.5 Å². The second-order valence-corrected chi connectivity index (χ2v) is 3.50. The molecule has 0 radical (unpaired) electrons. The molecule has 5 nitrogen and oxygen atoms in total. The van der Waals surface area contributed by atoms with Crippen LogP contribution in [0.1, 0.15) is 24.2 Å². The van der Waals surface area contributed by atoms with Crippen LogP contribution in [0.2, 0.25) is 0 Å². The first-order chi connectivity index (χ1) is 7.72. The van der Waals surface area contributed by atoms with Gasteiger partial charge in [-0.2, -0.15) is 4.98 Å². The van der Waals surface area contributed by atoms with Gasteiger partial charge in [-0.15, -0.1) is 0 Å². The van der Waals surface area contributed by atoms with Crippen molar-refractivity contribution in [2.24, 2.45) is 0 Å². The molecule has 1 aromatic heterocycles. The van der Waals surface area contributed by atoms with Crippen LogP contribution in [0.5, 0.6) is 5.88 Å². The summed E-state index contributed by atoms with van der Waals surface area (Å²) < 4.78 is 10.2. The van der Waals surface area contributed by atoms with Crippen LogP contribution < -0.4 is 4.74 Å². The topological polar surface area (TPSA) is 61.3 Å². The summed E-state index contributed by atoms with van der Waals surface area (Å²) in [6.07, 6.45) is 3.29. The lowest BCUT2D eigenvalue weighted by atomic mass is 10.3. The summed E-state index contributed by atoms with van der Waals surface area (Å²) in [5, 5.41) is 0.566. The van der Waals surface area contributed by atoms with E-state index in [1.165, 1.54) is 18.0 Å². The zero-order chi connectivity index (χ0) is 12.0. The largest absolute Gasteiger partial charge is 0.477 e. The third kappa shape index (κ3) is 3.10. The quantitative estimate of drug-likeness (QED) is 0.445. The van der Waals surface area contributed by atoms with E-state index in [0.29, 0.717) is 18.4 Å². The number of carbonyl (C=O) groups excluding carboxylic acids is 1. The van der Waals surface area contributed by atoms with Gasteiger partial charge >= 0.3 is 5.97 Å². The number of hydrogen-bond acceptors (Lipinski definition) is 6. The van der Waals surface area contributed by atoms with E-state index in [4.69, 9.17) is 9.47 Å². The zero-order valence-corrected chi connectivity index (χ0v) is 10.3. The normalized spacial score (nSPS) is 9.94. The standard InChI is InChI=1S/C10H14N2O3S/c1-4-14-8-7(9(13)15-5-2)6-11-10(12-8)16-3/h6H,4-5H2,1-3H3. The molecule has 0 saturated heterocycles. The summed E-state index contributed by atoms with van der Waals surface area (Å²) in [5.74, 6) is -0.182. The van der Waals surface area contributed by atoms with Crippen molar-refractivity contribution in [3.8, 4) is 5.88 Å². The maximum atomic E-state index is 11.6. The van der Waals surface area contributed by atoms with Crippen LogP contribution >= 0.6 is 11.8 Å². The van der Waals surface area contributed by atoms with Crippen molar-refractivity contribution < 1.29 is 14.3 Å². The first-order valence-electron chi connectivity index (χ1n) is 4.93. The SMILES string of the molecule is CCOC(=O)c1cnc(SC)nc1OCC. The average molecular weight is 242 g/mol. The van der Waals surface area contributed by atoms with Crippen LogP contribution in [0.15, 0.2) is 11.4 Å². The zero-order valence-electron chi connectivity index (χ0n) is 9.52. The Balaban J connectivity index is 3.01. The van der Waals surface area contributed by atoms with E-state index in [1.54, 1.807) is 6.92 Å². The highest BCUT2D eigenvalue weighted by molar-refractivity contribution is 7.98. The highest BCUT2D eigenvalue weighted by atomic mass is 32.2. The monoisotopic (exact) mass is 242 g/mol. The van der Waals surface area contributed by atoms with Gasteiger partial charge in [-0.05, 0) is 20.1 Å². The number of hydrogen-bond donors (Lipinski definition) is 0. The summed E-state index contributed by atoms with van der Waals surface area (Å²) in [5.41, 5.74) is 0.265. The van der Waals surface area contributed by atoms with Crippen LogP contribution in [0, 0.1) is 0 Å². The maximum Gasteiger partial charge on any atom is 0.345 e. The Morgan fingerprint density at radius 1 is 1.44 bits per heavy atom. The van der Waals surface area contributed by atoms with Crippen molar-refractivity contribution in [1.29, 1.82) is 0 Å². The fourth-order valence-electron chi connectivity index (χ4n) is 1.04. The van der Waals surface area contributed by atoms with Gasteiger partial charge in [0.1, 0.15) is 5.56 Å². The molecular formula is C10H14N2O3S. The predicted octanol–water partition coefficient (Wildman–Crippen LogP) is 1.77. The maximum absolute atomic E-state index is 11.6. The van der Waals surface area contributed by atoms with E-state index >= 15 is 0 Å². The lowest BCUT2D eigenvalue weighted by Crippen LogP contribution is -2.10. The van der Waals surface area contributed by atoms with Gasteiger partial charge in [0.05, 0.1) is 13.2 Å². The Morgan fingerprint density at radius 3 is 2.75 bits per heavy atom. The van der Waals surface area contributed by atoms with E-state index in [0.717, 1.165) is 0 Å². The number of aromatic nitrogens is 2. The average Bonchev–Trinajstić information content (AvgIpc) is 2.29. The molecule has 16 heavy (non-hydrogen) atoms. The predicted molar refractivity (Wildman–Crippen MR) is 60.9 cm³/mol. The second kappa shape index (κ2) is 6.32. The van der Waals surface area contributed by atoms with Crippen molar-refractivity contribution >= 4 is 17.7 Å². The van der Waals surface area contributed by atoms with Crippen molar-refractivity contribution in [1.82, 2.24) is 9.97 Å². The van der Waals surface area contributed by atoms with Crippen LogP contribution in [-0.2, 0) is 4.74 Å².